The Balaban J connectivity index is 1.59. The maximum atomic E-state index is 3.82. The van der Waals surface area contributed by atoms with Gasteiger partial charge in [-0.1, -0.05) is 38.0 Å². The quantitative estimate of drug-likeness (QED) is 0.848. The number of benzene rings is 1. The van der Waals surface area contributed by atoms with Gasteiger partial charge in [-0.25, -0.2) is 0 Å². The van der Waals surface area contributed by atoms with E-state index in [9.17, 15) is 0 Å². The molecule has 1 N–H and O–H groups in total. The second kappa shape index (κ2) is 5.76. The van der Waals surface area contributed by atoms with Gasteiger partial charge in [0.15, 0.2) is 0 Å². The van der Waals surface area contributed by atoms with Crippen LogP contribution in [0.4, 0.5) is 0 Å². The standard InChI is InChI=1S/C20H29N/c1-2-21-20(19-17-9-5-6-10-18(17)19)16-12-11-14-7-3-4-8-15(14)13-16/h11-13,17-21H,2-10H2,1H3. The van der Waals surface area contributed by atoms with E-state index in [2.05, 4.69) is 30.4 Å². The third-order valence-corrected chi connectivity index (χ3v) is 6.26. The van der Waals surface area contributed by atoms with Crippen molar-refractivity contribution in [2.24, 2.45) is 17.8 Å². The Kier molecular flexibility index (Phi) is 3.79. The lowest BCUT2D eigenvalue weighted by atomic mass is 9.88. The summed E-state index contributed by atoms with van der Waals surface area (Å²) in [6, 6.07) is 8.03. The number of hydrogen-bond acceptors (Lipinski definition) is 1. The summed E-state index contributed by atoms with van der Waals surface area (Å²) in [7, 11) is 0. The molecule has 0 radical (unpaired) electrons. The molecule has 3 atom stereocenters. The summed E-state index contributed by atoms with van der Waals surface area (Å²) in [5, 5.41) is 3.82. The van der Waals surface area contributed by atoms with Crippen molar-refractivity contribution in [2.75, 3.05) is 6.54 Å². The molecule has 4 rings (SSSR count). The summed E-state index contributed by atoms with van der Waals surface area (Å²) < 4.78 is 0. The molecule has 0 bridgehead atoms. The van der Waals surface area contributed by atoms with E-state index in [1.807, 2.05) is 0 Å². The second-order valence-corrected chi connectivity index (χ2v) is 7.46. The topological polar surface area (TPSA) is 12.0 Å². The van der Waals surface area contributed by atoms with Crippen LogP contribution in [0, 0.1) is 17.8 Å². The number of nitrogens with one attached hydrogen (secondary N) is 1. The van der Waals surface area contributed by atoms with E-state index in [-0.39, 0.29) is 0 Å². The molecule has 21 heavy (non-hydrogen) atoms. The highest BCUT2D eigenvalue weighted by atomic mass is 14.9. The first kappa shape index (κ1) is 13.8. The molecule has 0 heterocycles. The van der Waals surface area contributed by atoms with Crippen molar-refractivity contribution in [3.63, 3.8) is 0 Å². The van der Waals surface area contributed by atoms with Gasteiger partial charge in [-0.15, -0.1) is 0 Å². The largest absolute Gasteiger partial charge is 0.310 e. The van der Waals surface area contributed by atoms with Gasteiger partial charge in [-0.3, -0.25) is 0 Å². The lowest BCUT2D eigenvalue weighted by Gasteiger charge is -2.23. The Hall–Kier alpha value is -0.820. The van der Waals surface area contributed by atoms with E-state index in [4.69, 9.17) is 0 Å². The molecule has 0 aromatic heterocycles. The molecule has 1 aromatic rings. The molecular weight excluding hydrogens is 254 g/mol. The van der Waals surface area contributed by atoms with Gasteiger partial charge in [-0.05, 0) is 79.5 Å². The fraction of sp³-hybridized carbons (Fsp3) is 0.700. The molecule has 0 aliphatic heterocycles. The SMILES string of the molecule is CCNC(c1ccc2c(c1)CCCC2)C1C2CCCCC21. The maximum Gasteiger partial charge on any atom is 0.0354 e. The third-order valence-electron chi connectivity index (χ3n) is 6.26. The minimum Gasteiger partial charge on any atom is -0.310 e. The lowest BCUT2D eigenvalue weighted by molar-refractivity contribution is 0.456. The van der Waals surface area contributed by atoms with Crippen LogP contribution in [-0.4, -0.2) is 6.54 Å². The third kappa shape index (κ3) is 2.54. The van der Waals surface area contributed by atoms with Crippen LogP contribution >= 0.6 is 0 Å². The first-order valence-corrected chi connectivity index (χ1v) is 9.23. The van der Waals surface area contributed by atoms with E-state index in [1.54, 1.807) is 16.7 Å². The molecule has 2 saturated carbocycles. The highest BCUT2D eigenvalue weighted by Crippen LogP contribution is 2.60. The molecular formula is C20H29N. The Morgan fingerprint density at radius 3 is 2.43 bits per heavy atom. The molecule has 114 valence electrons. The Morgan fingerprint density at radius 1 is 1.00 bits per heavy atom. The van der Waals surface area contributed by atoms with Gasteiger partial charge in [0.25, 0.3) is 0 Å². The summed E-state index contributed by atoms with van der Waals surface area (Å²) >= 11 is 0. The van der Waals surface area contributed by atoms with Gasteiger partial charge >= 0.3 is 0 Å². The Bertz CT molecular complexity index is 495. The summed E-state index contributed by atoms with van der Waals surface area (Å²) in [5.41, 5.74) is 4.84. The van der Waals surface area contributed by atoms with Crippen molar-refractivity contribution in [2.45, 2.75) is 64.3 Å². The lowest BCUT2D eigenvalue weighted by Crippen LogP contribution is -2.24. The molecule has 3 aliphatic carbocycles. The summed E-state index contributed by atoms with van der Waals surface area (Å²) in [6.45, 7) is 3.36. The zero-order valence-corrected chi connectivity index (χ0v) is 13.4. The average Bonchev–Trinajstić information content (AvgIpc) is 3.26. The molecule has 0 amide bonds. The first-order valence-electron chi connectivity index (χ1n) is 9.23. The van der Waals surface area contributed by atoms with Gasteiger partial charge < -0.3 is 5.32 Å². The van der Waals surface area contributed by atoms with Crippen molar-refractivity contribution in [3.05, 3.63) is 34.9 Å². The predicted molar refractivity (Wildman–Crippen MR) is 88.4 cm³/mol. The Morgan fingerprint density at radius 2 is 1.71 bits per heavy atom. The number of hydrogen-bond donors (Lipinski definition) is 1. The van der Waals surface area contributed by atoms with Crippen LogP contribution in [0.3, 0.4) is 0 Å². The fourth-order valence-corrected chi connectivity index (χ4v) is 5.19. The maximum absolute atomic E-state index is 3.82. The number of rotatable bonds is 4. The first-order chi connectivity index (χ1) is 10.4. The molecule has 3 aliphatic rings. The summed E-state index contributed by atoms with van der Waals surface area (Å²) in [5.74, 6) is 2.98. The average molecular weight is 283 g/mol. The zero-order chi connectivity index (χ0) is 14.2. The molecule has 3 unspecified atom stereocenters. The molecule has 0 spiro atoms. The van der Waals surface area contributed by atoms with Gasteiger partial charge in [0.1, 0.15) is 0 Å². The molecule has 1 heteroatoms. The van der Waals surface area contributed by atoms with Gasteiger partial charge in [0, 0.05) is 6.04 Å². The molecule has 2 fully saturated rings. The number of aryl methyl sites for hydroxylation is 2. The summed E-state index contributed by atoms with van der Waals surface area (Å²) in [6.07, 6.45) is 11.3. The minimum absolute atomic E-state index is 0.621. The molecule has 1 nitrogen and oxygen atoms in total. The monoisotopic (exact) mass is 283 g/mol. The van der Waals surface area contributed by atoms with Crippen LogP contribution in [-0.2, 0) is 12.8 Å². The normalized spacial score (nSPS) is 32.1. The fourth-order valence-electron chi connectivity index (χ4n) is 5.19. The zero-order valence-electron chi connectivity index (χ0n) is 13.4. The van der Waals surface area contributed by atoms with E-state index in [1.165, 1.54) is 51.4 Å². The van der Waals surface area contributed by atoms with Crippen molar-refractivity contribution in [1.29, 1.82) is 0 Å². The van der Waals surface area contributed by atoms with E-state index < -0.39 is 0 Å². The van der Waals surface area contributed by atoms with Crippen LogP contribution in [0.1, 0.15) is 68.2 Å². The molecule has 1 aromatic carbocycles. The number of fused-ring (bicyclic) bond motifs is 2. The van der Waals surface area contributed by atoms with E-state index in [0.29, 0.717) is 6.04 Å². The summed E-state index contributed by atoms with van der Waals surface area (Å²) in [4.78, 5) is 0. The molecule has 0 saturated heterocycles. The van der Waals surface area contributed by atoms with Gasteiger partial charge in [-0.2, -0.15) is 0 Å². The highest BCUT2D eigenvalue weighted by Gasteiger charge is 2.54. The van der Waals surface area contributed by atoms with Crippen molar-refractivity contribution in [1.82, 2.24) is 5.32 Å². The van der Waals surface area contributed by atoms with Crippen molar-refractivity contribution in [3.8, 4) is 0 Å². The smallest absolute Gasteiger partial charge is 0.0354 e. The van der Waals surface area contributed by atoms with Crippen LogP contribution in [0.2, 0.25) is 0 Å². The Labute approximate surface area is 129 Å². The minimum atomic E-state index is 0.621. The predicted octanol–water partition coefficient (Wildman–Crippen LogP) is 4.65. The van der Waals surface area contributed by atoms with E-state index >= 15 is 0 Å². The highest BCUT2D eigenvalue weighted by molar-refractivity contribution is 5.36. The second-order valence-electron chi connectivity index (χ2n) is 7.46. The van der Waals surface area contributed by atoms with Crippen molar-refractivity contribution >= 4 is 0 Å². The van der Waals surface area contributed by atoms with E-state index in [0.717, 1.165) is 24.3 Å². The van der Waals surface area contributed by atoms with Crippen LogP contribution in [0.15, 0.2) is 18.2 Å². The van der Waals surface area contributed by atoms with Crippen LogP contribution in [0.25, 0.3) is 0 Å². The van der Waals surface area contributed by atoms with Gasteiger partial charge in [0.05, 0.1) is 0 Å². The van der Waals surface area contributed by atoms with Crippen LogP contribution < -0.4 is 5.32 Å². The van der Waals surface area contributed by atoms with Crippen LogP contribution in [0.5, 0.6) is 0 Å². The van der Waals surface area contributed by atoms with Crippen molar-refractivity contribution < 1.29 is 0 Å². The van der Waals surface area contributed by atoms with Gasteiger partial charge in [0.2, 0.25) is 0 Å².